The standard InChI is InChI=1S/C29H31N5O3/c1-19-15-22(8-9-23(19)27(31)36)37-14-4-6-21-17-32-28(25(18-35)33-21)34-12-10-29(11-13-34)16-20-5-2-3-7-24(20)26(29)30/h2-3,5,7-9,15,17,26,35H,10-14,16,18,30H2,1H3,(H2,31,36)/t26-/m1/s1. The predicted octanol–water partition coefficient (Wildman–Crippen LogP) is 2.65. The first kappa shape index (κ1) is 24.8. The SMILES string of the molecule is Cc1cc(OCC#Cc2cnc(N3CCC4(CC3)Cc3ccccc3[C@H]4N)c(CO)n2)ccc1C(N)=O. The number of benzene rings is 2. The topological polar surface area (TPSA) is 128 Å². The number of hydrogen-bond donors (Lipinski definition) is 3. The second kappa shape index (κ2) is 10.2. The van der Waals surface area contributed by atoms with E-state index in [1.807, 2.05) is 0 Å². The fourth-order valence-corrected chi connectivity index (χ4v) is 5.57. The van der Waals surface area contributed by atoms with E-state index >= 15 is 0 Å². The zero-order valence-electron chi connectivity index (χ0n) is 20.9. The molecule has 2 aromatic carbocycles. The van der Waals surface area contributed by atoms with Crippen molar-refractivity contribution in [1.82, 2.24) is 9.97 Å². The number of aliphatic hydroxyl groups excluding tert-OH is 1. The van der Waals surface area contributed by atoms with Gasteiger partial charge in [0, 0.05) is 24.7 Å². The van der Waals surface area contributed by atoms with Gasteiger partial charge < -0.3 is 26.2 Å². The van der Waals surface area contributed by atoms with Crippen LogP contribution in [0.4, 0.5) is 5.82 Å². The van der Waals surface area contributed by atoms with Crippen LogP contribution in [0.25, 0.3) is 0 Å². The van der Waals surface area contributed by atoms with Gasteiger partial charge in [-0.05, 0) is 72.4 Å². The van der Waals surface area contributed by atoms with Crippen LogP contribution in [0.2, 0.25) is 0 Å². The number of aromatic nitrogens is 2. The number of carbonyl (C=O) groups is 1. The first-order valence-electron chi connectivity index (χ1n) is 12.5. The minimum Gasteiger partial charge on any atom is -0.481 e. The van der Waals surface area contributed by atoms with Gasteiger partial charge in [-0.2, -0.15) is 0 Å². The normalized spacial score (nSPS) is 17.7. The van der Waals surface area contributed by atoms with Gasteiger partial charge in [0.15, 0.2) is 5.82 Å². The summed E-state index contributed by atoms with van der Waals surface area (Å²) in [6, 6.07) is 13.6. The van der Waals surface area contributed by atoms with E-state index < -0.39 is 5.91 Å². The number of nitrogens with two attached hydrogens (primary N) is 2. The summed E-state index contributed by atoms with van der Waals surface area (Å²) in [6.45, 7) is 3.36. The quantitative estimate of drug-likeness (QED) is 0.463. The largest absolute Gasteiger partial charge is 0.481 e. The number of fused-ring (bicyclic) bond motifs is 1. The molecule has 1 saturated heterocycles. The fourth-order valence-electron chi connectivity index (χ4n) is 5.57. The predicted molar refractivity (Wildman–Crippen MR) is 141 cm³/mol. The highest BCUT2D eigenvalue weighted by molar-refractivity contribution is 5.94. The molecule has 1 aliphatic carbocycles. The monoisotopic (exact) mass is 497 g/mol. The Morgan fingerprint density at radius 1 is 1.24 bits per heavy atom. The number of aliphatic hydroxyl groups is 1. The Kier molecular flexibility index (Phi) is 6.83. The third-order valence-corrected chi connectivity index (χ3v) is 7.61. The molecule has 8 nitrogen and oxygen atoms in total. The summed E-state index contributed by atoms with van der Waals surface area (Å²) in [5.74, 6) is 6.71. The van der Waals surface area contributed by atoms with E-state index in [9.17, 15) is 9.90 Å². The molecule has 0 saturated carbocycles. The lowest BCUT2D eigenvalue weighted by molar-refractivity contribution is 0.0999. The van der Waals surface area contributed by atoms with Crippen molar-refractivity contribution < 1.29 is 14.6 Å². The lowest BCUT2D eigenvalue weighted by atomic mass is 9.73. The van der Waals surface area contributed by atoms with E-state index in [0.29, 0.717) is 28.5 Å². The maximum atomic E-state index is 11.4. The van der Waals surface area contributed by atoms with Crippen molar-refractivity contribution in [2.75, 3.05) is 24.6 Å². The number of carbonyl (C=O) groups excluding carboxylic acids is 1. The molecule has 190 valence electrons. The number of nitrogens with zero attached hydrogens (tertiary/aromatic N) is 3. The number of primary amides is 1. The molecule has 0 radical (unpaired) electrons. The summed E-state index contributed by atoms with van der Waals surface area (Å²) >= 11 is 0. The van der Waals surface area contributed by atoms with Gasteiger partial charge in [-0.15, -0.1) is 0 Å². The van der Waals surface area contributed by atoms with Crippen LogP contribution in [-0.2, 0) is 13.0 Å². The third kappa shape index (κ3) is 4.88. The number of rotatable bonds is 5. The molecule has 2 aliphatic rings. The summed E-state index contributed by atoms with van der Waals surface area (Å²) in [6.07, 6.45) is 4.58. The molecule has 1 aliphatic heterocycles. The van der Waals surface area contributed by atoms with E-state index in [1.54, 1.807) is 31.3 Å². The van der Waals surface area contributed by atoms with Gasteiger partial charge in [-0.25, -0.2) is 9.97 Å². The first-order valence-corrected chi connectivity index (χ1v) is 12.5. The Bertz CT molecular complexity index is 1390. The van der Waals surface area contributed by atoms with E-state index in [-0.39, 0.29) is 24.7 Å². The van der Waals surface area contributed by atoms with Gasteiger partial charge in [-0.3, -0.25) is 4.79 Å². The van der Waals surface area contributed by atoms with E-state index in [4.69, 9.17) is 16.2 Å². The highest BCUT2D eigenvalue weighted by atomic mass is 16.5. The van der Waals surface area contributed by atoms with Gasteiger partial charge >= 0.3 is 0 Å². The van der Waals surface area contributed by atoms with Gasteiger partial charge in [0.25, 0.3) is 0 Å². The van der Waals surface area contributed by atoms with Crippen molar-refractivity contribution in [1.29, 1.82) is 0 Å². The highest BCUT2D eigenvalue weighted by Crippen LogP contribution is 2.51. The van der Waals surface area contributed by atoms with Gasteiger partial charge in [0.1, 0.15) is 23.7 Å². The molecule has 5 N–H and O–H groups in total. The van der Waals surface area contributed by atoms with Crippen molar-refractivity contribution in [2.45, 2.75) is 38.8 Å². The van der Waals surface area contributed by atoms with Crippen LogP contribution in [0.15, 0.2) is 48.7 Å². The maximum absolute atomic E-state index is 11.4. The smallest absolute Gasteiger partial charge is 0.248 e. The zero-order chi connectivity index (χ0) is 26.0. The van der Waals surface area contributed by atoms with Crippen LogP contribution in [0, 0.1) is 24.2 Å². The number of aryl methyl sites for hydroxylation is 1. The molecular formula is C29H31N5O3. The Morgan fingerprint density at radius 2 is 2.03 bits per heavy atom. The molecule has 2 heterocycles. The number of ether oxygens (including phenoxy) is 1. The number of anilines is 1. The van der Waals surface area contributed by atoms with E-state index in [1.165, 1.54) is 11.1 Å². The van der Waals surface area contributed by atoms with Crippen molar-refractivity contribution in [3.63, 3.8) is 0 Å². The third-order valence-electron chi connectivity index (χ3n) is 7.61. The Hall–Kier alpha value is -3.93. The van der Waals surface area contributed by atoms with Crippen LogP contribution in [0.1, 0.15) is 57.3 Å². The Balaban J connectivity index is 1.21. The van der Waals surface area contributed by atoms with Crippen molar-refractivity contribution in [3.05, 3.63) is 82.3 Å². The minimum absolute atomic E-state index is 0.0547. The zero-order valence-corrected chi connectivity index (χ0v) is 20.9. The Labute approximate surface area is 216 Å². The maximum Gasteiger partial charge on any atom is 0.248 e. The number of hydrogen-bond acceptors (Lipinski definition) is 7. The molecule has 0 unspecified atom stereocenters. The minimum atomic E-state index is -0.470. The van der Waals surface area contributed by atoms with Crippen molar-refractivity contribution in [2.24, 2.45) is 16.9 Å². The molecule has 3 aromatic rings. The van der Waals surface area contributed by atoms with Crippen LogP contribution in [-0.4, -0.2) is 40.7 Å². The first-order chi connectivity index (χ1) is 17.9. The van der Waals surface area contributed by atoms with Crippen LogP contribution in [0.3, 0.4) is 0 Å². The molecular weight excluding hydrogens is 466 g/mol. The molecule has 1 spiro atoms. The fraction of sp³-hybridized carbons (Fsp3) is 0.345. The van der Waals surface area contributed by atoms with Gasteiger partial charge in [0.05, 0.1) is 12.8 Å². The average molecular weight is 498 g/mol. The lowest BCUT2D eigenvalue weighted by Crippen LogP contribution is -2.45. The molecule has 1 aromatic heterocycles. The highest BCUT2D eigenvalue weighted by Gasteiger charge is 2.46. The van der Waals surface area contributed by atoms with Crippen LogP contribution < -0.4 is 21.1 Å². The van der Waals surface area contributed by atoms with E-state index in [2.05, 4.69) is 51.0 Å². The molecule has 1 atom stereocenters. The molecule has 0 bridgehead atoms. The average Bonchev–Trinajstić information content (AvgIpc) is 3.17. The Morgan fingerprint density at radius 3 is 2.73 bits per heavy atom. The van der Waals surface area contributed by atoms with Gasteiger partial charge in [-0.1, -0.05) is 30.2 Å². The van der Waals surface area contributed by atoms with Crippen molar-refractivity contribution >= 4 is 11.7 Å². The summed E-state index contributed by atoms with van der Waals surface area (Å²) in [4.78, 5) is 22.7. The molecule has 1 amide bonds. The summed E-state index contributed by atoms with van der Waals surface area (Å²) in [5.41, 5.74) is 17.0. The van der Waals surface area contributed by atoms with Crippen LogP contribution >= 0.6 is 0 Å². The van der Waals surface area contributed by atoms with Crippen molar-refractivity contribution in [3.8, 4) is 17.6 Å². The molecule has 8 heteroatoms. The molecule has 37 heavy (non-hydrogen) atoms. The number of piperidine rings is 1. The summed E-state index contributed by atoms with van der Waals surface area (Å²) in [7, 11) is 0. The van der Waals surface area contributed by atoms with E-state index in [0.717, 1.165) is 37.9 Å². The molecule has 1 fully saturated rings. The summed E-state index contributed by atoms with van der Waals surface area (Å²) in [5, 5.41) is 9.99. The van der Waals surface area contributed by atoms with Crippen LogP contribution in [0.5, 0.6) is 5.75 Å². The number of amides is 1. The molecule has 5 rings (SSSR count). The summed E-state index contributed by atoms with van der Waals surface area (Å²) < 4.78 is 5.65. The second-order valence-corrected chi connectivity index (χ2v) is 9.82. The lowest BCUT2D eigenvalue weighted by Gasteiger charge is -2.42. The second-order valence-electron chi connectivity index (χ2n) is 9.82. The van der Waals surface area contributed by atoms with Gasteiger partial charge in [0.2, 0.25) is 5.91 Å².